The van der Waals surface area contributed by atoms with Gasteiger partial charge in [0.1, 0.15) is 35.3 Å². The van der Waals surface area contributed by atoms with Crippen LogP contribution in [-0.4, -0.2) is 119 Å². The number of furan rings is 2. The van der Waals surface area contributed by atoms with Crippen LogP contribution in [0.5, 0.6) is 0 Å². The van der Waals surface area contributed by atoms with Gasteiger partial charge in [-0.05, 0) is 116 Å². The average Bonchev–Trinajstić information content (AvgIpc) is 4.04. The molecule has 376 valence electrons. The number of amides is 4. The molecule has 0 aliphatic rings. The predicted octanol–water partition coefficient (Wildman–Crippen LogP) is 4.94. The Bertz CT molecular complexity index is 1770. The van der Waals surface area contributed by atoms with E-state index in [1.807, 2.05) is 12.1 Å². The van der Waals surface area contributed by atoms with E-state index >= 15 is 0 Å². The molecule has 0 saturated heterocycles. The van der Waals surface area contributed by atoms with Crippen molar-refractivity contribution in [3.63, 3.8) is 0 Å². The third kappa shape index (κ3) is 27.4. The molecule has 0 fully saturated rings. The molecule has 0 aromatic carbocycles. The predicted molar refractivity (Wildman–Crippen MR) is 241 cm³/mol. The molecular formula is C47H72N4O16. The minimum absolute atomic E-state index is 0.0675. The molecule has 0 aliphatic carbocycles. The Morgan fingerprint density at radius 3 is 1.66 bits per heavy atom. The largest absolute Gasteiger partial charge is 0.469 e. The molecule has 0 radical (unpaired) electrons. The van der Waals surface area contributed by atoms with E-state index in [0.717, 1.165) is 11.5 Å². The molecule has 20 nitrogen and oxygen atoms in total. The van der Waals surface area contributed by atoms with Crippen molar-refractivity contribution in [3.05, 3.63) is 48.3 Å². The van der Waals surface area contributed by atoms with Crippen molar-refractivity contribution in [1.29, 1.82) is 0 Å². The summed E-state index contributed by atoms with van der Waals surface area (Å²) in [7, 11) is 2.47. The number of aryl methyl sites for hydroxylation is 2. The van der Waals surface area contributed by atoms with Crippen LogP contribution >= 0.6 is 0 Å². The Morgan fingerprint density at radius 2 is 1.12 bits per heavy atom. The maximum atomic E-state index is 12.7. The molecule has 0 bridgehead atoms. The number of rotatable bonds is 36. The Kier molecular flexibility index (Phi) is 28.6. The lowest BCUT2D eigenvalue weighted by Gasteiger charge is -2.25. The zero-order chi connectivity index (χ0) is 49.3. The van der Waals surface area contributed by atoms with E-state index in [0.29, 0.717) is 109 Å². The second-order valence-electron chi connectivity index (χ2n) is 16.4. The number of ether oxygens (including phenoxy) is 6. The molecule has 20 heteroatoms. The summed E-state index contributed by atoms with van der Waals surface area (Å²) in [5.41, 5.74) is -0.839. The van der Waals surface area contributed by atoms with Gasteiger partial charge in [-0.1, -0.05) is 0 Å². The van der Waals surface area contributed by atoms with Gasteiger partial charge in [0.05, 0.1) is 52.8 Å². The topological polar surface area (TPSA) is 266 Å². The molecule has 0 saturated carbocycles. The number of nitrogens with one attached hydrogen (secondary N) is 4. The quantitative estimate of drug-likeness (QED) is 0.0400. The van der Waals surface area contributed by atoms with E-state index in [-0.39, 0.29) is 44.5 Å². The number of alkyl carbamates (subject to hydrolysis) is 1. The second-order valence-corrected chi connectivity index (χ2v) is 16.4. The van der Waals surface area contributed by atoms with Crippen molar-refractivity contribution in [2.45, 2.75) is 154 Å². The smallest absolute Gasteiger partial charge is 0.407 e. The van der Waals surface area contributed by atoms with Crippen LogP contribution in [0.1, 0.15) is 129 Å². The van der Waals surface area contributed by atoms with Crippen molar-refractivity contribution in [1.82, 2.24) is 21.3 Å². The maximum Gasteiger partial charge on any atom is 0.407 e. The number of unbranched alkanes of at least 4 members (excludes halogenated alkanes) is 4. The molecule has 67 heavy (non-hydrogen) atoms. The molecule has 2 heterocycles. The van der Waals surface area contributed by atoms with Crippen LogP contribution in [0.15, 0.2) is 45.6 Å². The van der Waals surface area contributed by atoms with Crippen molar-refractivity contribution in [2.75, 3.05) is 47.1 Å². The van der Waals surface area contributed by atoms with E-state index in [4.69, 9.17) is 37.3 Å². The molecule has 0 spiro atoms. The third-order valence-electron chi connectivity index (χ3n) is 10.3. The number of esters is 4. The van der Waals surface area contributed by atoms with Crippen LogP contribution < -0.4 is 21.3 Å². The molecule has 4 N–H and O–H groups in total. The van der Waals surface area contributed by atoms with Crippen LogP contribution in [0.3, 0.4) is 0 Å². The summed E-state index contributed by atoms with van der Waals surface area (Å²) in [6.07, 6.45) is 8.12. The summed E-state index contributed by atoms with van der Waals surface area (Å²) in [4.78, 5) is 98.5. The monoisotopic (exact) mass is 948 g/mol. The first-order chi connectivity index (χ1) is 32.1. The number of methoxy groups -OCH3 is 2. The molecular weight excluding hydrogens is 877 g/mol. The second kappa shape index (κ2) is 33.5. The number of carbonyl (C=O) groups is 8. The molecule has 2 aromatic heterocycles. The van der Waals surface area contributed by atoms with Gasteiger partial charge in [0.2, 0.25) is 17.7 Å². The molecule has 0 aliphatic heterocycles. The summed E-state index contributed by atoms with van der Waals surface area (Å²) in [5, 5.41) is 10.9. The highest BCUT2D eigenvalue weighted by molar-refractivity contribution is 5.86. The average molecular weight is 949 g/mol. The van der Waals surface area contributed by atoms with E-state index in [9.17, 15) is 38.4 Å². The Labute approximate surface area is 392 Å². The fraction of sp³-hybridized carbons (Fsp3) is 0.660. The summed E-state index contributed by atoms with van der Waals surface area (Å²) in [6.45, 7) is 6.26. The van der Waals surface area contributed by atoms with Gasteiger partial charge in [-0.3, -0.25) is 24.0 Å². The Morgan fingerprint density at radius 1 is 0.612 bits per heavy atom. The summed E-state index contributed by atoms with van der Waals surface area (Å²) < 4.78 is 41.8. The van der Waals surface area contributed by atoms with E-state index in [1.54, 1.807) is 45.4 Å². The molecule has 3 unspecified atom stereocenters. The fourth-order valence-corrected chi connectivity index (χ4v) is 6.45. The maximum absolute atomic E-state index is 12.7. The van der Waals surface area contributed by atoms with Crippen LogP contribution in [-0.2, 0) is 74.8 Å². The molecule has 2 rings (SSSR count). The van der Waals surface area contributed by atoms with Gasteiger partial charge in [0.15, 0.2) is 0 Å². The van der Waals surface area contributed by atoms with Crippen LogP contribution in [0.4, 0.5) is 4.79 Å². The highest BCUT2D eigenvalue weighted by atomic mass is 16.6. The highest BCUT2D eigenvalue weighted by Gasteiger charge is 2.26. The highest BCUT2D eigenvalue weighted by Crippen LogP contribution is 2.19. The first-order valence-electron chi connectivity index (χ1n) is 23.1. The van der Waals surface area contributed by atoms with Gasteiger partial charge in [0, 0.05) is 45.4 Å². The zero-order valence-corrected chi connectivity index (χ0v) is 39.8. The Balaban J connectivity index is 1.51. The van der Waals surface area contributed by atoms with E-state index in [1.165, 1.54) is 14.2 Å². The van der Waals surface area contributed by atoms with Crippen molar-refractivity contribution in [2.24, 2.45) is 0 Å². The van der Waals surface area contributed by atoms with Gasteiger partial charge in [0.25, 0.3) is 0 Å². The SMILES string of the molecule is COC(=O)C(CCCCNC(=O)CCc1ccco1)NC(=O)OCCCCC(C)(C)OC(=O)CCC(=O)OCCCCOC(C)C(=O)NC(CCCCNC(=O)CCc1ccco1)C(=O)OC. The van der Waals surface area contributed by atoms with Crippen LogP contribution in [0, 0.1) is 0 Å². The fourth-order valence-electron chi connectivity index (χ4n) is 6.45. The molecule has 2 aromatic rings. The normalized spacial score (nSPS) is 12.4. The van der Waals surface area contributed by atoms with E-state index < -0.39 is 59.7 Å². The van der Waals surface area contributed by atoms with Crippen LogP contribution in [0.2, 0.25) is 0 Å². The summed E-state index contributed by atoms with van der Waals surface area (Å²) in [6, 6.07) is 5.37. The molecule has 4 amide bonds. The third-order valence-corrected chi connectivity index (χ3v) is 10.3. The minimum Gasteiger partial charge on any atom is -0.469 e. The van der Waals surface area contributed by atoms with Crippen molar-refractivity contribution < 1.29 is 75.6 Å². The number of carbonyl (C=O) groups excluding carboxylic acids is 8. The lowest BCUT2D eigenvalue weighted by Crippen LogP contribution is -2.46. The summed E-state index contributed by atoms with van der Waals surface area (Å²) >= 11 is 0. The Hall–Kier alpha value is -5.92. The van der Waals surface area contributed by atoms with Crippen molar-refractivity contribution >= 4 is 47.7 Å². The first-order valence-corrected chi connectivity index (χ1v) is 23.1. The lowest BCUT2D eigenvalue weighted by molar-refractivity contribution is -0.160. The van der Waals surface area contributed by atoms with Gasteiger partial charge in [-0.25, -0.2) is 14.4 Å². The van der Waals surface area contributed by atoms with Gasteiger partial charge in [-0.2, -0.15) is 0 Å². The lowest BCUT2D eigenvalue weighted by atomic mass is 10.0. The van der Waals surface area contributed by atoms with Crippen LogP contribution in [0.25, 0.3) is 0 Å². The first kappa shape index (κ1) is 57.2. The standard InChI is InChI=1S/C47H72N4O16/c1-34(43(56)50-37(44(57)60-4)18-6-9-27-48-39(52)22-20-35-16-14-32-63-35)62-29-12-13-30-65-41(54)24-25-42(55)67-47(2,3)26-8-11-31-66-46(59)51-38(45(58)61-5)19-7-10-28-49-40(53)23-21-36-17-15-33-64-36/h14-17,32-34,37-38H,6-13,18-31H2,1-5H3,(H,48,52)(H,49,53)(H,50,56)(H,51,59). The van der Waals surface area contributed by atoms with Gasteiger partial charge < -0.3 is 58.5 Å². The van der Waals surface area contributed by atoms with Crippen molar-refractivity contribution in [3.8, 4) is 0 Å². The summed E-state index contributed by atoms with van der Waals surface area (Å²) in [5.74, 6) is -1.53. The zero-order valence-electron chi connectivity index (χ0n) is 39.8. The van der Waals surface area contributed by atoms with E-state index in [2.05, 4.69) is 21.3 Å². The number of hydrogen-bond acceptors (Lipinski definition) is 16. The minimum atomic E-state index is -0.906. The van der Waals surface area contributed by atoms with Gasteiger partial charge >= 0.3 is 30.0 Å². The number of hydrogen-bond donors (Lipinski definition) is 4. The van der Waals surface area contributed by atoms with Gasteiger partial charge in [-0.15, -0.1) is 0 Å². The molecule has 3 atom stereocenters.